The van der Waals surface area contributed by atoms with Gasteiger partial charge < -0.3 is 10.0 Å². The molecular weight excluding hydrogens is 242 g/mol. The van der Waals surface area contributed by atoms with Crippen LogP contribution >= 0.6 is 0 Å². The fourth-order valence-electron chi connectivity index (χ4n) is 3.65. The summed E-state index contributed by atoms with van der Waals surface area (Å²) in [4.78, 5) is 25.9. The van der Waals surface area contributed by atoms with Crippen LogP contribution in [0, 0.1) is 23.7 Å². The van der Waals surface area contributed by atoms with Crippen molar-refractivity contribution in [1.82, 2.24) is 4.90 Å². The molecule has 19 heavy (non-hydrogen) atoms. The lowest BCUT2D eigenvalue weighted by Gasteiger charge is -2.38. The van der Waals surface area contributed by atoms with E-state index in [-0.39, 0.29) is 17.9 Å². The molecule has 5 atom stereocenters. The second-order valence-corrected chi connectivity index (χ2v) is 6.65. The predicted octanol–water partition coefficient (Wildman–Crippen LogP) is 2.38. The number of carbonyl (C=O) groups is 2. The maximum absolute atomic E-state index is 12.7. The Morgan fingerprint density at radius 2 is 1.63 bits per heavy atom. The lowest BCUT2D eigenvalue weighted by Crippen LogP contribution is -2.48. The quantitative estimate of drug-likeness (QED) is 0.835. The minimum absolute atomic E-state index is 0.0794. The average molecular weight is 267 g/mol. The number of nitrogens with zero attached hydrogens (tertiary/aromatic N) is 1. The van der Waals surface area contributed by atoms with E-state index in [1.54, 1.807) is 0 Å². The SMILES string of the molecule is CC1CC(C(=O)O)C(C(=O)N2CC(C)CCC2C)C1. The van der Waals surface area contributed by atoms with E-state index in [9.17, 15) is 14.7 Å². The summed E-state index contributed by atoms with van der Waals surface area (Å²) in [6, 6.07) is 0.258. The Bertz CT molecular complexity index is 368. The van der Waals surface area contributed by atoms with Crippen molar-refractivity contribution in [2.75, 3.05) is 6.54 Å². The van der Waals surface area contributed by atoms with Gasteiger partial charge in [-0.1, -0.05) is 13.8 Å². The molecule has 0 aromatic heterocycles. The highest BCUT2D eigenvalue weighted by Crippen LogP contribution is 2.38. The molecule has 0 aromatic rings. The van der Waals surface area contributed by atoms with Gasteiger partial charge in [0, 0.05) is 12.6 Å². The van der Waals surface area contributed by atoms with Crippen molar-refractivity contribution in [2.45, 2.75) is 52.5 Å². The van der Waals surface area contributed by atoms with Gasteiger partial charge in [0.05, 0.1) is 11.8 Å². The zero-order valence-electron chi connectivity index (χ0n) is 12.1. The topological polar surface area (TPSA) is 57.6 Å². The van der Waals surface area contributed by atoms with Gasteiger partial charge in [-0.25, -0.2) is 0 Å². The minimum Gasteiger partial charge on any atom is -0.481 e. The third-order valence-electron chi connectivity index (χ3n) is 4.83. The highest BCUT2D eigenvalue weighted by molar-refractivity contribution is 5.85. The predicted molar refractivity (Wildman–Crippen MR) is 72.6 cm³/mol. The van der Waals surface area contributed by atoms with Crippen LogP contribution in [-0.2, 0) is 9.59 Å². The number of carboxylic acids is 1. The van der Waals surface area contributed by atoms with Crippen molar-refractivity contribution >= 4 is 11.9 Å². The summed E-state index contributed by atoms with van der Waals surface area (Å²) in [5, 5.41) is 9.30. The molecule has 4 nitrogen and oxygen atoms in total. The normalized spacial score (nSPS) is 39.3. The second kappa shape index (κ2) is 5.51. The molecule has 4 heteroatoms. The Kier molecular flexibility index (Phi) is 4.16. The highest BCUT2D eigenvalue weighted by Gasteiger charge is 2.44. The van der Waals surface area contributed by atoms with Crippen molar-refractivity contribution in [3.8, 4) is 0 Å². The van der Waals surface area contributed by atoms with Crippen molar-refractivity contribution in [3.63, 3.8) is 0 Å². The average Bonchev–Trinajstić information content (AvgIpc) is 2.74. The number of aliphatic carboxylic acids is 1. The van der Waals surface area contributed by atoms with Gasteiger partial charge in [-0.15, -0.1) is 0 Å². The van der Waals surface area contributed by atoms with Crippen LogP contribution in [0.25, 0.3) is 0 Å². The number of carboxylic acid groups (broad SMARTS) is 1. The first kappa shape index (κ1) is 14.4. The van der Waals surface area contributed by atoms with Gasteiger partial charge in [-0.2, -0.15) is 0 Å². The highest BCUT2D eigenvalue weighted by atomic mass is 16.4. The zero-order valence-corrected chi connectivity index (χ0v) is 12.1. The van der Waals surface area contributed by atoms with Crippen LogP contribution < -0.4 is 0 Å². The first-order valence-electron chi connectivity index (χ1n) is 7.43. The molecule has 0 spiro atoms. The van der Waals surface area contributed by atoms with Crippen LogP contribution in [0.1, 0.15) is 46.5 Å². The summed E-state index contributed by atoms with van der Waals surface area (Å²) in [5.41, 5.74) is 0. The van der Waals surface area contributed by atoms with E-state index >= 15 is 0 Å². The molecule has 2 aliphatic rings. The van der Waals surface area contributed by atoms with E-state index in [4.69, 9.17) is 0 Å². The van der Waals surface area contributed by atoms with Gasteiger partial charge in [-0.3, -0.25) is 9.59 Å². The Balaban J connectivity index is 2.11. The van der Waals surface area contributed by atoms with Crippen LogP contribution in [0.2, 0.25) is 0 Å². The van der Waals surface area contributed by atoms with Crippen LogP contribution in [0.5, 0.6) is 0 Å². The maximum atomic E-state index is 12.7. The van der Waals surface area contributed by atoms with Gasteiger partial charge in [0.15, 0.2) is 0 Å². The van der Waals surface area contributed by atoms with Crippen LogP contribution in [-0.4, -0.2) is 34.5 Å². The molecular formula is C15H25NO3. The summed E-state index contributed by atoms with van der Waals surface area (Å²) in [6.07, 6.45) is 3.57. The smallest absolute Gasteiger partial charge is 0.307 e. The van der Waals surface area contributed by atoms with E-state index < -0.39 is 11.9 Å². The molecule has 1 heterocycles. The summed E-state index contributed by atoms with van der Waals surface area (Å²) < 4.78 is 0. The second-order valence-electron chi connectivity index (χ2n) is 6.65. The van der Waals surface area contributed by atoms with E-state index in [2.05, 4.69) is 13.8 Å². The molecule has 2 fully saturated rings. The molecule has 0 aromatic carbocycles. The van der Waals surface area contributed by atoms with Crippen molar-refractivity contribution in [3.05, 3.63) is 0 Å². The third kappa shape index (κ3) is 2.93. The maximum Gasteiger partial charge on any atom is 0.307 e. The zero-order chi connectivity index (χ0) is 14.2. The lowest BCUT2D eigenvalue weighted by molar-refractivity contribution is -0.151. The summed E-state index contributed by atoms with van der Waals surface area (Å²) in [5.74, 6) is -0.641. The van der Waals surface area contributed by atoms with Gasteiger partial charge in [-0.05, 0) is 44.4 Å². The Hall–Kier alpha value is -1.06. The van der Waals surface area contributed by atoms with Gasteiger partial charge in [0.25, 0.3) is 0 Å². The number of hydrogen-bond donors (Lipinski definition) is 1. The Labute approximate surface area is 115 Å². The standard InChI is InChI=1S/C15H25NO3/c1-9-4-5-11(3)16(8-9)14(17)12-6-10(2)7-13(12)15(18)19/h9-13H,4-8H2,1-3H3,(H,18,19). The van der Waals surface area contributed by atoms with Crippen molar-refractivity contribution < 1.29 is 14.7 Å². The van der Waals surface area contributed by atoms with E-state index in [1.165, 1.54) is 0 Å². The molecule has 0 radical (unpaired) electrons. The largest absolute Gasteiger partial charge is 0.481 e. The first-order chi connectivity index (χ1) is 8.90. The number of rotatable bonds is 2. The number of piperidine rings is 1. The van der Waals surface area contributed by atoms with Crippen LogP contribution in [0.15, 0.2) is 0 Å². The molecule has 1 N–H and O–H groups in total. The fraction of sp³-hybridized carbons (Fsp3) is 0.867. The van der Waals surface area contributed by atoms with Gasteiger partial charge >= 0.3 is 5.97 Å². The monoisotopic (exact) mass is 267 g/mol. The number of amides is 1. The Morgan fingerprint density at radius 1 is 1.00 bits per heavy atom. The molecule has 1 amide bonds. The summed E-state index contributed by atoms with van der Waals surface area (Å²) >= 11 is 0. The number of carbonyl (C=O) groups excluding carboxylic acids is 1. The lowest BCUT2D eigenvalue weighted by atomic mass is 9.90. The van der Waals surface area contributed by atoms with E-state index in [1.807, 2.05) is 11.8 Å². The van der Waals surface area contributed by atoms with Crippen molar-refractivity contribution in [2.24, 2.45) is 23.7 Å². The number of hydrogen-bond acceptors (Lipinski definition) is 2. The van der Waals surface area contributed by atoms with E-state index in [0.29, 0.717) is 18.3 Å². The summed E-state index contributed by atoms with van der Waals surface area (Å²) in [7, 11) is 0. The van der Waals surface area contributed by atoms with Crippen LogP contribution in [0.3, 0.4) is 0 Å². The Morgan fingerprint density at radius 3 is 2.26 bits per heavy atom. The van der Waals surface area contributed by atoms with Crippen molar-refractivity contribution in [1.29, 1.82) is 0 Å². The number of likely N-dealkylation sites (tertiary alicyclic amines) is 1. The molecule has 1 saturated carbocycles. The fourth-order valence-corrected chi connectivity index (χ4v) is 3.65. The molecule has 1 aliphatic heterocycles. The molecule has 5 unspecified atom stereocenters. The first-order valence-corrected chi connectivity index (χ1v) is 7.43. The molecule has 1 aliphatic carbocycles. The third-order valence-corrected chi connectivity index (χ3v) is 4.83. The van der Waals surface area contributed by atoms with E-state index in [0.717, 1.165) is 25.8 Å². The molecule has 1 saturated heterocycles. The minimum atomic E-state index is -0.805. The summed E-state index contributed by atoms with van der Waals surface area (Å²) in [6.45, 7) is 7.08. The van der Waals surface area contributed by atoms with Gasteiger partial charge in [0.1, 0.15) is 0 Å². The van der Waals surface area contributed by atoms with Gasteiger partial charge in [0.2, 0.25) is 5.91 Å². The molecule has 108 valence electrons. The molecule has 2 rings (SSSR count). The molecule has 0 bridgehead atoms. The van der Waals surface area contributed by atoms with Crippen LogP contribution in [0.4, 0.5) is 0 Å².